The van der Waals surface area contributed by atoms with Crippen molar-refractivity contribution in [3.8, 4) is 22.6 Å². The highest BCUT2D eigenvalue weighted by Crippen LogP contribution is 2.38. The first-order valence-corrected chi connectivity index (χ1v) is 14.5. The summed E-state index contributed by atoms with van der Waals surface area (Å²) in [6, 6.07) is 16.6. The lowest BCUT2D eigenvalue weighted by Crippen LogP contribution is -2.14. The zero-order valence-electron chi connectivity index (χ0n) is 21.4. The fourth-order valence-corrected chi connectivity index (χ4v) is 4.91. The van der Waals surface area contributed by atoms with Crippen LogP contribution in [-0.4, -0.2) is 37.6 Å². The molecule has 0 saturated carbocycles. The van der Waals surface area contributed by atoms with Crippen LogP contribution in [0.4, 0.5) is 28.4 Å². The molecule has 7 N–H and O–H groups in total. The Morgan fingerprint density at radius 3 is 1.60 bits per heavy atom. The molecule has 1 unspecified atom stereocenters. The van der Waals surface area contributed by atoms with Crippen molar-refractivity contribution in [2.24, 2.45) is 25.6 Å². The van der Waals surface area contributed by atoms with Crippen molar-refractivity contribution < 1.29 is 37.6 Å². The number of benzene rings is 4. The second-order valence-electron chi connectivity index (χ2n) is 8.63. The summed E-state index contributed by atoms with van der Waals surface area (Å²) in [4.78, 5) is -0.365. The quantitative estimate of drug-likeness (QED) is 0.110. The summed E-state index contributed by atoms with van der Waals surface area (Å²) in [7, 11) is -4.35. The highest BCUT2D eigenvalue weighted by Gasteiger charge is 2.19. The van der Waals surface area contributed by atoms with Crippen molar-refractivity contribution in [2.45, 2.75) is 18.1 Å². The lowest BCUT2D eigenvalue weighted by atomic mass is 10.0. The van der Waals surface area contributed by atoms with Crippen molar-refractivity contribution in [3.63, 3.8) is 0 Å². The minimum absolute atomic E-state index is 0.0264. The smallest absolute Gasteiger partial charge is 0.238 e. The number of phenols is 2. The average Bonchev–Trinajstić information content (AvgIpc) is 2.95. The number of primary sulfonamides is 1. The number of nitrogens with two attached hydrogens (primary N) is 1. The Labute approximate surface area is 242 Å². The van der Waals surface area contributed by atoms with Gasteiger partial charge in [0.05, 0.1) is 46.5 Å². The second kappa shape index (κ2) is 12.9. The largest absolute Gasteiger partial charge is 0.755 e. The van der Waals surface area contributed by atoms with E-state index in [1.165, 1.54) is 66.7 Å². The number of aromatic hydroxyl groups is 2. The third kappa shape index (κ3) is 7.38. The van der Waals surface area contributed by atoms with Crippen molar-refractivity contribution >= 4 is 49.7 Å². The number of aliphatic hydroxyl groups is 2. The van der Waals surface area contributed by atoms with Crippen LogP contribution in [0, 0.1) is 0 Å². The van der Waals surface area contributed by atoms with Gasteiger partial charge < -0.3 is 29.7 Å². The van der Waals surface area contributed by atoms with Crippen LogP contribution in [0.25, 0.3) is 11.1 Å². The topological polar surface area (TPSA) is 243 Å². The monoisotopic (exact) mass is 611 g/mol. The van der Waals surface area contributed by atoms with Gasteiger partial charge in [0.1, 0.15) is 11.5 Å². The number of nitrogens with zero attached hydrogens (tertiary/aromatic N) is 4. The van der Waals surface area contributed by atoms with Gasteiger partial charge in [-0.2, -0.15) is 20.5 Å². The fourth-order valence-electron chi connectivity index (χ4n) is 3.79. The summed E-state index contributed by atoms with van der Waals surface area (Å²) >= 11 is -2.79. The molecule has 0 aliphatic heterocycles. The van der Waals surface area contributed by atoms with E-state index in [0.29, 0.717) is 5.69 Å². The number of anilines is 1. The molecule has 0 aliphatic rings. The van der Waals surface area contributed by atoms with Crippen LogP contribution >= 0.6 is 0 Å². The van der Waals surface area contributed by atoms with Crippen LogP contribution in [-0.2, 0) is 34.5 Å². The Kier molecular flexibility index (Phi) is 9.36. The van der Waals surface area contributed by atoms with E-state index >= 15 is 0 Å². The molecule has 0 aromatic heterocycles. The maximum absolute atomic E-state index is 12.5. The molecule has 0 bridgehead atoms. The first-order chi connectivity index (χ1) is 20.0. The predicted molar refractivity (Wildman–Crippen MR) is 152 cm³/mol. The van der Waals surface area contributed by atoms with E-state index in [0.717, 1.165) is 6.07 Å². The van der Waals surface area contributed by atoms with Gasteiger partial charge >= 0.3 is 0 Å². The first-order valence-electron chi connectivity index (χ1n) is 11.8. The standard InChI is InChI=1S/C26H24N6O8S2/c27-42(39,40)26-12-20(31-29-18-4-8-25(36)16(10-18)14-34)2-6-22(26)21-5-1-19(11-23(21)32-41(37)38)30-28-17-3-7-24(35)15(9-17)13-33/h1-12,32-36H,13-14H2,(H,37,38)(H2,27,39,40)/p-1. The predicted octanol–water partition coefficient (Wildman–Crippen LogP) is 4.43. The van der Waals surface area contributed by atoms with E-state index in [4.69, 9.17) is 5.14 Å². The number of nitrogens with one attached hydrogen (secondary N) is 1. The molecule has 1 atom stereocenters. The summed E-state index contributed by atoms with van der Waals surface area (Å²) in [5.74, 6) is -0.232. The summed E-state index contributed by atoms with van der Waals surface area (Å²) in [5.41, 5.74) is 1.55. The van der Waals surface area contributed by atoms with Gasteiger partial charge in [-0.1, -0.05) is 12.1 Å². The van der Waals surface area contributed by atoms with E-state index in [2.05, 4.69) is 25.2 Å². The molecule has 16 heteroatoms. The molecule has 42 heavy (non-hydrogen) atoms. The Morgan fingerprint density at radius 1 is 0.714 bits per heavy atom. The molecule has 4 aromatic rings. The molecule has 0 saturated heterocycles. The molecule has 0 heterocycles. The zero-order chi connectivity index (χ0) is 30.4. The highest BCUT2D eigenvalue weighted by molar-refractivity contribution is 7.89. The van der Waals surface area contributed by atoms with E-state index in [-0.39, 0.29) is 61.4 Å². The van der Waals surface area contributed by atoms with Crippen LogP contribution in [0.5, 0.6) is 11.5 Å². The molecule has 0 fully saturated rings. The minimum atomic E-state index is -4.35. The molecule has 4 rings (SSSR count). The molecule has 0 radical (unpaired) electrons. The van der Waals surface area contributed by atoms with Crippen molar-refractivity contribution in [3.05, 3.63) is 83.9 Å². The van der Waals surface area contributed by atoms with Crippen LogP contribution < -0.4 is 9.86 Å². The van der Waals surface area contributed by atoms with Crippen molar-refractivity contribution in [1.29, 1.82) is 0 Å². The van der Waals surface area contributed by atoms with Crippen LogP contribution in [0.1, 0.15) is 11.1 Å². The highest BCUT2D eigenvalue weighted by atomic mass is 32.2. The van der Waals surface area contributed by atoms with Gasteiger partial charge in [0.15, 0.2) is 0 Å². The lowest BCUT2D eigenvalue weighted by Gasteiger charge is -2.16. The van der Waals surface area contributed by atoms with Crippen LogP contribution in [0.15, 0.2) is 98.1 Å². The maximum Gasteiger partial charge on any atom is 0.238 e. The zero-order valence-corrected chi connectivity index (χ0v) is 23.1. The van der Waals surface area contributed by atoms with E-state index < -0.39 is 34.5 Å². The SMILES string of the molecule is NS(=O)(=O)c1cc(N=Nc2ccc(O)c(CO)c2)ccc1-c1ccc(N=Nc2ccc(O)c(CO)c2)cc1NS(=O)[O-]. The number of aliphatic hydroxyl groups excluding tert-OH is 2. The van der Waals surface area contributed by atoms with Gasteiger partial charge in [0, 0.05) is 33.5 Å². The Bertz CT molecular complexity index is 1830. The van der Waals surface area contributed by atoms with Crippen molar-refractivity contribution in [1.82, 2.24) is 0 Å². The molecule has 218 valence electrons. The van der Waals surface area contributed by atoms with Gasteiger partial charge in [-0.3, -0.25) is 4.21 Å². The summed E-state index contributed by atoms with van der Waals surface area (Å²) in [6.07, 6.45) is 0. The molecule has 0 spiro atoms. The van der Waals surface area contributed by atoms with E-state index in [1.807, 2.05) is 0 Å². The number of rotatable bonds is 10. The normalized spacial score (nSPS) is 12.7. The Morgan fingerprint density at radius 2 is 1.14 bits per heavy atom. The van der Waals surface area contributed by atoms with Crippen LogP contribution in [0.3, 0.4) is 0 Å². The van der Waals surface area contributed by atoms with Gasteiger partial charge in [-0.15, -0.1) is 0 Å². The lowest BCUT2D eigenvalue weighted by molar-refractivity contribution is 0.275. The summed E-state index contributed by atoms with van der Waals surface area (Å²) in [5, 5.41) is 59.6. The Hall–Kier alpha value is -4.58. The number of hydrogen-bond donors (Lipinski definition) is 6. The number of azo groups is 2. The molecule has 0 aliphatic carbocycles. The van der Waals surface area contributed by atoms with Gasteiger partial charge in [-0.05, 0) is 60.7 Å². The molecule has 4 aromatic carbocycles. The molecule has 14 nitrogen and oxygen atoms in total. The number of sulfonamides is 1. The van der Waals surface area contributed by atoms with Gasteiger partial charge in [0.2, 0.25) is 10.0 Å². The maximum atomic E-state index is 12.5. The van der Waals surface area contributed by atoms with E-state index in [9.17, 15) is 37.6 Å². The number of hydrogen-bond acceptors (Lipinski definition) is 12. The second-order valence-corrected chi connectivity index (χ2v) is 10.8. The summed E-state index contributed by atoms with van der Waals surface area (Å²) < 4.78 is 50.4. The third-order valence-electron chi connectivity index (χ3n) is 5.79. The fraction of sp³-hybridized carbons (Fsp3) is 0.0769. The van der Waals surface area contributed by atoms with E-state index in [1.54, 1.807) is 0 Å². The molecule has 0 amide bonds. The molecular weight excluding hydrogens is 588 g/mol. The van der Waals surface area contributed by atoms with Gasteiger partial charge in [-0.25, -0.2) is 13.6 Å². The van der Waals surface area contributed by atoms with Crippen molar-refractivity contribution in [2.75, 3.05) is 4.72 Å². The summed E-state index contributed by atoms with van der Waals surface area (Å²) in [6.45, 7) is -0.840. The Balaban J connectivity index is 1.73. The molecular formula is C26H23N6O8S2-. The minimum Gasteiger partial charge on any atom is -0.755 e. The first kappa shape index (κ1) is 30.4. The van der Waals surface area contributed by atoms with Gasteiger partial charge in [0.25, 0.3) is 0 Å². The van der Waals surface area contributed by atoms with Crippen LogP contribution in [0.2, 0.25) is 0 Å². The average molecular weight is 612 g/mol. The third-order valence-corrected chi connectivity index (χ3v) is 7.12.